The number of nitriles is 1. The third kappa shape index (κ3) is 5.17. The Morgan fingerprint density at radius 2 is 1.95 bits per heavy atom. The van der Waals surface area contributed by atoms with Crippen LogP contribution in [-0.4, -0.2) is 66.5 Å². The lowest BCUT2D eigenvalue weighted by Crippen LogP contribution is -2.52. The summed E-state index contributed by atoms with van der Waals surface area (Å²) in [6.45, 7) is 6.03. The van der Waals surface area contributed by atoms with Gasteiger partial charge in [-0.05, 0) is 56.1 Å². The standard InChI is InChI=1S/C28H37N7O3/c1-27(2,3)24(35-16-21(32-33-35)18-7-8-18)26(38)34-15-20(36)14-22(34)25(37)31-19-9-11-28(17-29,12-10-19)23-6-4-5-13-30-23/h4-6,13,16,18-20,22,24,36H,7-12,14-15H2,1-3H3,(H,31,37)/t19?,20-,22+,24-,28?/m1/s1. The van der Waals surface area contributed by atoms with E-state index in [1.165, 1.54) is 4.90 Å². The van der Waals surface area contributed by atoms with Crippen molar-refractivity contribution in [1.82, 2.24) is 30.2 Å². The third-order valence-corrected chi connectivity index (χ3v) is 8.26. The van der Waals surface area contributed by atoms with Crippen LogP contribution in [0.1, 0.15) is 89.1 Å². The van der Waals surface area contributed by atoms with Crippen LogP contribution in [0.25, 0.3) is 0 Å². The smallest absolute Gasteiger partial charge is 0.248 e. The number of aromatic nitrogens is 4. The fraction of sp³-hybridized carbons (Fsp3) is 0.643. The molecule has 3 fully saturated rings. The second-order valence-corrected chi connectivity index (χ2v) is 12.3. The van der Waals surface area contributed by atoms with E-state index in [1.807, 2.05) is 45.2 Å². The molecule has 3 heterocycles. The Bertz CT molecular complexity index is 1200. The Morgan fingerprint density at radius 3 is 2.55 bits per heavy atom. The van der Waals surface area contributed by atoms with Crippen LogP contribution < -0.4 is 5.32 Å². The molecule has 2 aromatic rings. The molecule has 202 valence electrons. The number of carbonyl (C=O) groups is 2. The Balaban J connectivity index is 1.27. The number of hydrogen-bond donors (Lipinski definition) is 2. The number of β-amino-alcohol motifs (C(OH)–C–C–N with tert-alkyl or cyclic N) is 1. The minimum absolute atomic E-state index is 0.0998. The first kappa shape index (κ1) is 26.3. The number of aliphatic hydroxyl groups is 1. The van der Waals surface area contributed by atoms with Gasteiger partial charge in [-0.25, -0.2) is 4.68 Å². The molecule has 10 nitrogen and oxygen atoms in total. The summed E-state index contributed by atoms with van der Waals surface area (Å²) in [6.07, 6.45) is 7.66. The van der Waals surface area contributed by atoms with E-state index in [4.69, 9.17) is 0 Å². The van der Waals surface area contributed by atoms with Crippen molar-refractivity contribution in [1.29, 1.82) is 5.26 Å². The summed E-state index contributed by atoms with van der Waals surface area (Å²) in [6, 6.07) is 6.58. The molecule has 10 heteroatoms. The van der Waals surface area contributed by atoms with Crippen LogP contribution in [0.15, 0.2) is 30.6 Å². The van der Waals surface area contributed by atoms with Crippen LogP contribution in [0.2, 0.25) is 0 Å². The van der Waals surface area contributed by atoms with Crippen LogP contribution in [0.4, 0.5) is 0 Å². The highest BCUT2D eigenvalue weighted by atomic mass is 16.3. The minimum atomic E-state index is -0.769. The first-order chi connectivity index (χ1) is 18.1. The van der Waals surface area contributed by atoms with E-state index < -0.39 is 29.0 Å². The maximum atomic E-state index is 13.9. The van der Waals surface area contributed by atoms with Crippen LogP contribution in [0, 0.1) is 16.7 Å². The maximum absolute atomic E-state index is 13.9. The van der Waals surface area contributed by atoms with Gasteiger partial charge in [-0.15, -0.1) is 5.10 Å². The molecule has 2 N–H and O–H groups in total. The molecule has 3 atom stereocenters. The Morgan fingerprint density at radius 1 is 1.21 bits per heavy atom. The number of carbonyl (C=O) groups excluding carboxylic acids is 2. The minimum Gasteiger partial charge on any atom is -0.391 e. The monoisotopic (exact) mass is 519 g/mol. The lowest BCUT2D eigenvalue weighted by molar-refractivity contribution is -0.144. The normalized spacial score (nSPS) is 28.5. The molecule has 0 spiro atoms. The Kier molecular flexibility index (Phi) is 6.99. The van der Waals surface area contributed by atoms with Crippen LogP contribution in [0.5, 0.6) is 0 Å². The summed E-state index contributed by atoms with van der Waals surface area (Å²) < 4.78 is 1.63. The molecule has 0 unspecified atom stereocenters. The molecule has 2 saturated carbocycles. The molecular weight excluding hydrogens is 482 g/mol. The fourth-order valence-corrected chi connectivity index (χ4v) is 5.95. The van der Waals surface area contributed by atoms with Crippen LogP contribution in [0.3, 0.4) is 0 Å². The van der Waals surface area contributed by atoms with Gasteiger partial charge >= 0.3 is 0 Å². The number of nitrogens with zero attached hydrogens (tertiary/aromatic N) is 6. The number of pyridine rings is 1. The van der Waals surface area contributed by atoms with Crippen molar-refractivity contribution in [2.75, 3.05) is 6.54 Å². The zero-order chi connectivity index (χ0) is 27.1. The van der Waals surface area contributed by atoms with E-state index in [1.54, 1.807) is 10.9 Å². The second kappa shape index (κ2) is 10.1. The summed E-state index contributed by atoms with van der Waals surface area (Å²) in [5.74, 6) is -0.0737. The topological polar surface area (TPSA) is 137 Å². The zero-order valence-electron chi connectivity index (χ0n) is 22.4. The zero-order valence-corrected chi connectivity index (χ0v) is 22.4. The predicted molar refractivity (Wildman–Crippen MR) is 139 cm³/mol. The van der Waals surface area contributed by atoms with Gasteiger partial charge in [0.1, 0.15) is 12.1 Å². The average Bonchev–Trinajstić information content (AvgIpc) is 3.50. The molecular formula is C28H37N7O3. The molecule has 5 rings (SSSR count). The molecule has 0 bridgehead atoms. The molecule has 2 aromatic heterocycles. The lowest BCUT2D eigenvalue weighted by Gasteiger charge is -2.37. The number of aliphatic hydroxyl groups excluding tert-OH is 1. The van der Waals surface area contributed by atoms with Crippen LogP contribution in [-0.2, 0) is 15.0 Å². The van der Waals surface area contributed by atoms with Crippen molar-refractivity contribution in [2.24, 2.45) is 5.41 Å². The number of nitrogens with one attached hydrogen (secondary N) is 1. The van der Waals surface area contributed by atoms with Gasteiger partial charge in [0.05, 0.1) is 29.0 Å². The molecule has 0 radical (unpaired) electrons. The van der Waals surface area contributed by atoms with Crippen molar-refractivity contribution in [3.63, 3.8) is 0 Å². The Labute approximate surface area is 223 Å². The molecule has 2 aliphatic carbocycles. The van der Waals surface area contributed by atoms with Crippen molar-refractivity contribution < 1.29 is 14.7 Å². The van der Waals surface area contributed by atoms with Crippen molar-refractivity contribution in [2.45, 2.75) is 101 Å². The van der Waals surface area contributed by atoms with Gasteiger partial charge in [-0.3, -0.25) is 14.6 Å². The summed E-state index contributed by atoms with van der Waals surface area (Å²) in [7, 11) is 0. The van der Waals surface area contributed by atoms with Gasteiger partial charge in [-0.2, -0.15) is 5.26 Å². The third-order valence-electron chi connectivity index (χ3n) is 8.26. The van der Waals surface area contributed by atoms with Crippen molar-refractivity contribution in [3.05, 3.63) is 42.0 Å². The van der Waals surface area contributed by atoms with E-state index in [2.05, 4.69) is 26.7 Å². The summed E-state index contributed by atoms with van der Waals surface area (Å²) in [5, 5.41) is 32.1. The average molecular weight is 520 g/mol. The van der Waals surface area contributed by atoms with E-state index >= 15 is 0 Å². The first-order valence-corrected chi connectivity index (χ1v) is 13.6. The summed E-state index contributed by atoms with van der Waals surface area (Å²) >= 11 is 0. The Hall–Kier alpha value is -3.32. The van der Waals surface area contributed by atoms with Gasteiger partial charge in [-0.1, -0.05) is 32.1 Å². The van der Waals surface area contributed by atoms with Crippen molar-refractivity contribution >= 4 is 11.8 Å². The van der Waals surface area contributed by atoms with E-state index in [-0.39, 0.29) is 30.8 Å². The summed E-state index contributed by atoms with van der Waals surface area (Å²) in [5.41, 5.74) is 0.550. The SMILES string of the molecule is CC(C)(C)[C@@H](C(=O)N1C[C@H](O)C[C@H]1C(=O)NC1CCC(C#N)(c2ccccn2)CC1)n1cc(C2CC2)nn1. The van der Waals surface area contributed by atoms with Gasteiger partial charge in [0.15, 0.2) is 0 Å². The highest BCUT2D eigenvalue weighted by molar-refractivity contribution is 5.90. The van der Waals surface area contributed by atoms with Gasteiger partial charge < -0.3 is 15.3 Å². The van der Waals surface area contributed by atoms with E-state index in [0.29, 0.717) is 31.6 Å². The quantitative estimate of drug-likeness (QED) is 0.598. The van der Waals surface area contributed by atoms with Gasteiger partial charge in [0.25, 0.3) is 0 Å². The molecule has 38 heavy (non-hydrogen) atoms. The largest absolute Gasteiger partial charge is 0.391 e. The predicted octanol–water partition coefficient (Wildman–Crippen LogP) is 2.62. The number of likely N-dealkylation sites (tertiary alicyclic amines) is 1. The summed E-state index contributed by atoms with van der Waals surface area (Å²) in [4.78, 5) is 33.3. The second-order valence-electron chi connectivity index (χ2n) is 12.3. The number of rotatable bonds is 6. The van der Waals surface area contributed by atoms with Gasteiger partial charge in [0.2, 0.25) is 11.8 Å². The van der Waals surface area contributed by atoms with E-state index in [0.717, 1.165) is 24.2 Å². The maximum Gasteiger partial charge on any atom is 0.248 e. The first-order valence-electron chi connectivity index (χ1n) is 13.6. The molecule has 0 aromatic carbocycles. The lowest BCUT2D eigenvalue weighted by atomic mass is 9.71. The fourth-order valence-electron chi connectivity index (χ4n) is 5.95. The highest BCUT2D eigenvalue weighted by Crippen LogP contribution is 2.41. The van der Waals surface area contributed by atoms with Crippen molar-refractivity contribution in [3.8, 4) is 6.07 Å². The number of amides is 2. The molecule has 3 aliphatic rings. The molecule has 1 saturated heterocycles. The molecule has 2 amide bonds. The van der Waals surface area contributed by atoms with Crippen LogP contribution >= 0.6 is 0 Å². The van der Waals surface area contributed by atoms with E-state index in [9.17, 15) is 20.0 Å². The highest BCUT2D eigenvalue weighted by Gasteiger charge is 2.46. The number of hydrogen-bond acceptors (Lipinski definition) is 7. The molecule has 1 aliphatic heterocycles. The van der Waals surface area contributed by atoms with Gasteiger partial charge in [0, 0.05) is 37.3 Å².